The average molecular weight is 580 g/mol. The fourth-order valence-corrected chi connectivity index (χ4v) is 5.35. The van der Waals surface area contributed by atoms with Crippen LogP contribution in [-0.4, -0.2) is 32.3 Å². The minimum Gasteiger partial charge on any atom is -0.492 e. The summed E-state index contributed by atoms with van der Waals surface area (Å²) in [5, 5.41) is 2.81. The van der Waals surface area contributed by atoms with Crippen LogP contribution in [0.2, 0.25) is 0 Å². The van der Waals surface area contributed by atoms with E-state index in [0.29, 0.717) is 28.1 Å². The van der Waals surface area contributed by atoms with E-state index in [9.17, 15) is 13.2 Å². The van der Waals surface area contributed by atoms with Crippen molar-refractivity contribution >= 4 is 37.5 Å². The summed E-state index contributed by atoms with van der Waals surface area (Å²) in [6.45, 7) is 0.784. The van der Waals surface area contributed by atoms with Crippen molar-refractivity contribution in [2.24, 2.45) is 0 Å². The predicted octanol–water partition coefficient (Wildman–Crippen LogP) is 6.14. The van der Waals surface area contributed by atoms with Gasteiger partial charge < -0.3 is 10.1 Å². The van der Waals surface area contributed by atoms with Crippen LogP contribution in [0.1, 0.15) is 21.5 Å². The Morgan fingerprint density at radius 2 is 1.49 bits per heavy atom. The van der Waals surface area contributed by atoms with Crippen molar-refractivity contribution in [1.29, 1.82) is 0 Å². The first-order valence-electron chi connectivity index (χ1n) is 11.7. The largest absolute Gasteiger partial charge is 0.492 e. The van der Waals surface area contributed by atoms with E-state index in [4.69, 9.17) is 4.74 Å². The van der Waals surface area contributed by atoms with Crippen LogP contribution in [-0.2, 0) is 23.0 Å². The molecule has 37 heavy (non-hydrogen) atoms. The number of hydrogen-bond donors (Lipinski definition) is 1. The lowest BCUT2D eigenvalue weighted by Crippen LogP contribution is -2.26. The van der Waals surface area contributed by atoms with Gasteiger partial charge in [0.2, 0.25) is 10.0 Å². The smallest absolute Gasteiger partial charge is 0.255 e. The molecule has 1 N–H and O–H groups in total. The zero-order valence-electron chi connectivity index (χ0n) is 20.3. The quantitative estimate of drug-likeness (QED) is 0.245. The van der Waals surface area contributed by atoms with Gasteiger partial charge in [-0.05, 0) is 69.5 Å². The molecule has 0 bridgehead atoms. The van der Waals surface area contributed by atoms with Crippen LogP contribution in [0.3, 0.4) is 0 Å². The summed E-state index contributed by atoms with van der Waals surface area (Å²) >= 11 is 3.48. The van der Waals surface area contributed by atoms with E-state index in [1.54, 1.807) is 37.4 Å². The summed E-state index contributed by atoms with van der Waals surface area (Å²) in [6.07, 6.45) is 0.781. The number of carbonyl (C=O) groups is 1. The first-order valence-corrected chi connectivity index (χ1v) is 13.9. The maximum absolute atomic E-state index is 12.9. The lowest BCUT2D eigenvalue weighted by Gasteiger charge is -2.17. The van der Waals surface area contributed by atoms with E-state index in [-0.39, 0.29) is 17.3 Å². The maximum atomic E-state index is 12.9. The van der Waals surface area contributed by atoms with E-state index in [1.165, 1.54) is 22.0 Å². The molecule has 0 aliphatic carbocycles. The first kappa shape index (κ1) is 26.6. The predicted molar refractivity (Wildman–Crippen MR) is 149 cm³/mol. The van der Waals surface area contributed by atoms with Gasteiger partial charge in [-0.3, -0.25) is 4.79 Å². The summed E-state index contributed by atoms with van der Waals surface area (Å²) in [4.78, 5) is 12.9. The molecule has 0 heterocycles. The molecule has 0 fully saturated rings. The number of amides is 1. The zero-order chi connectivity index (χ0) is 26.3. The SMILES string of the molecule is CN(Cc1ccccc1)S(=O)(=O)c1ccc(NC(=O)c2ccc(OCCc3ccccc3)c(Br)c2)cc1. The van der Waals surface area contributed by atoms with Gasteiger partial charge in [0, 0.05) is 31.3 Å². The van der Waals surface area contributed by atoms with E-state index < -0.39 is 10.0 Å². The third-order valence-electron chi connectivity index (χ3n) is 5.75. The molecule has 8 heteroatoms. The molecule has 1 amide bonds. The van der Waals surface area contributed by atoms with Crippen molar-refractivity contribution in [1.82, 2.24) is 4.31 Å². The molecule has 6 nitrogen and oxygen atoms in total. The molecule has 4 aromatic rings. The third kappa shape index (κ3) is 7.07. The highest BCUT2D eigenvalue weighted by Gasteiger charge is 2.21. The Labute approximate surface area is 226 Å². The molecule has 4 rings (SSSR count). The number of halogens is 1. The van der Waals surface area contributed by atoms with Gasteiger partial charge in [0.05, 0.1) is 16.0 Å². The monoisotopic (exact) mass is 578 g/mol. The normalized spacial score (nSPS) is 11.3. The van der Waals surface area contributed by atoms with Gasteiger partial charge in [-0.15, -0.1) is 0 Å². The number of sulfonamides is 1. The third-order valence-corrected chi connectivity index (χ3v) is 8.19. The number of nitrogens with zero attached hydrogens (tertiary/aromatic N) is 1. The van der Waals surface area contributed by atoms with Gasteiger partial charge in [0.1, 0.15) is 5.75 Å². The van der Waals surface area contributed by atoms with Gasteiger partial charge in [0.15, 0.2) is 0 Å². The van der Waals surface area contributed by atoms with E-state index in [2.05, 4.69) is 33.4 Å². The van der Waals surface area contributed by atoms with Crippen LogP contribution < -0.4 is 10.1 Å². The second kappa shape index (κ2) is 12.2. The van der Waals surface area contributed by atoms with Crippen LogP contribution in [0.25, 0.3) is 0 Å². The molecule has 4 aromatic carbocycles. The van der Waals surface area contributed by atoms with Crippen LogP contribution in [0.5, 0.6) is 5.75 Å². The average Bonchev–Trinajstić information content (AvgIpc) is 2.91. The molecule has 0 aliphatic rings. The Kier molecular flexibility index (Phi) is 8.76. The van der Waals surface area contributed by atoms with Gasteiger partial charge in [0.25, 0.3) is 5.91 Å². The van der Waals surface area contributed by atoms with Crippen molar-refractivity contribution in [3.05, 3.63) is 124 Å². The summed E-state index contributed by atoms with van der Waals surface area (Å²) in [7, 11) is -2.12. The molecule has 0 unspecified atom stereocenters. The Morgan fingerprint density at radius 1 is 0.865 bits per heavy atom. The van der Waals surface area contributed by atoms with Crippen LogP contribution in [0.4, 0.5) is 5.69 Å². The van der Waals surface area contributed by atoms with Gasteiger partial charge in [-0.25, -0.2) is 8.42 Å². The second-order valence-corrected chi connectivity index (χ2v) is 11.4. The number of rotatable bonds is 10. The Hall–Kier alpha value is -3.46. The molecular formula is C29H27BrN2O4S. The van der Waals surface area contributed by atoms with Crippen LogP contribution >= 0.6 is 15.9 Å². The van der Waals surface area contributed by atoms with Crippen molar-refractivity contribution in [3.8, 4) is 5.75 Å². The minimum atomic E-state index is -3.67. The molecule has 0 aliphatic heterocycles. The standard InChI is InChI=1S/C29H27BrN2O4S/c1-32(21-23-10-6-3-7-11-23)37(34,35)26-15-13-25(14-16-26)31-29(33)24-12-17-28(27(30)20-24)36-19-18-22-8-4-2-5-9-22/h2-17,20H,18-19,21H2,1H3,(H,31,33). The molecule has 190 valence electrons. The summed E-state index contributed by atoms with van der Waals surface area (Å²) in [6, 6.07) is 30.8. The maximum Gasteiger partial charge on any atom is 0.255 e. The molecule has 0 aromatic heterocycles. The summed E-state index contributed by atoms with van der Waals surface area (Å²) in [5.41, 5.74) is 3.03. The van der Waals surface area contributed by atoms with E-state index in [1.807, 2.05) is 48.5 Å². The molecule has 0 saturated heterocycles. The Morgan fingerprint density at radius 3 is 2.11 bits per heavy atom. The highest BCUT2D eigenvalue weighted by molar-refractivity contribution is 9.10. The summed E-state index contributed by atoms with van der Waals surface area (Å²) < 4.78 is 33.7. The molecule has 0 saturated carbocycles. The van der Waals surface area contributed by atoms with E-state index in [0.717, 1.165) is 12.0 Å². The van der Waals surface area contributed by atoms with E-state index >= 15 is 0 Å². The van der Waals surface area contributed by atoms with Crippen molar-refractivity contribution in [2.75, 3.05) is 19.0 Å². The Bertz CT molecular complexity index is 1440. The highest BCUT2D eigenvalue weighted by Crippen LogP contribution is 2.27. The lowest BCUT2D eigenvalue weighted by molar-refractivity contribution is 0.102. The second-order valence-electron chi connectivity index (χ2n) is 8.45. The van der Waals surface area contributed by atoms with Crippen molar-refractivity contribution in [2.45, 2.75) is 17.9 Å². The van der Waals surface area contributed by atoms with Gasteiger partial charge in [-0.1, -0.05) is 60.7 Å². The summed E-state index contributed by atoms with van der Waals surface area (Å²) in [5.74, 6) is 0.343. The number of carbonyl (C=O) groups excluding carboxylic acids is 1. The number of anilines is 1. The van der Waals surface area contributed by atoms with Crippen molar-refractivity contribution < 1.29 is 17.9 Å². The minimum absolute atomic E-state index is 0.156. The van der Waals surface area contributed by atoms with Gasteiger partial charge >= 0.3 is 0 Å². The number of ether oxygens (including phenoxy) is 1. The highest BCUT2D eigenvalue weighted by atomic mass is 79.9. The zero-order valence-corrected chi connectivity index (χ0v) is 22.7. The molecule has 0 radical (unpaired) electrons. The lowest BCUT2D eigenvalue weighted by atomic mass is 10.1. The fraction of sp³-hybridized carbons (Fsp3) is 0.138. The number of benzene rings is 4. The molecule has 0 atom stereocenters. The van der Waals surface area contributed by atoms with Crippen LogP contribution in [0, 0.1) is 0 Å². The number of nitrogens with one attached hydrogen (secondary N) is 1. The van der Waals surface area contributed by atoms with Gasteiger partial charge in [-0.2, -0.15) is 4.31 Å². The number of hydrogen-bond acceptors (Lipinski definition) is 4. The fourth-order valence-electron chi connectivity index (χ4n) is 3.70. The topological polar surface area (TPSA) is 75.7 Å². The molecule has 0 spiro atoms. The van der Waals surface area contributed by atoms with Crippen molar-refractivity contribution in [3.63, 3.8) is 0 Å². The Balaban J connectivity index is 1.35. The molecular weight excluding hydrogens is 552 g/mol. The van der Waals surface area contributed by atoms with Crippen LogP contribution in [0.15, 0.2) is 112 Å². The first-order chi connectivity index (χ1) is 17.8.